The molecule has 0 aliphatic carbocycles. The zero-order chi connectivity index (χ0) is 18.9. The molecule has 0 saturated heterocycles. The maximum atomic E-state index is 2.41. The van der Waals surface area contributed by atoms with Crippen LogP contribution in [0.5, 0.6) is 0 Å². The topological polar surface area (TPSA) is 0 Å². The number of rotatable bonds is 2. The highest BCUT2D eigenvalue weighted by Crippen LogP contribution is 2.40. The standard InChI is InChI=1S/C26H30/c1-25(2,3)20-16-17-24(26(4,5)6)23(18-20)22-15-11-10-14-21(22)19-12-8-7-9-13-19/h7-18H,1-6H3. The van der Waals surface area contributed by atoms with Gasteiger partial charge in [0, 0.05) is 0 Å². The van der Waals surface area contributed by atoms with Gasteiger partial charge in [0.1, 0.15) is 0 Å². The quantitative estimate of drug-likeness (QED) is 0.449. The van der Waals surface area contributed by atoms with Crippen molar-refractivity contribution in [3.8, 4) is 22.3 Å². The van der Waals surface area contributed by atoms with Crippen LogP contribution < -0.4 is 0 Å². The molecule has 0 unspecified atom stereocenters. The Balaban J connectivity index is 2.30. The average Bonchev–Trinajstić information content (AvgIpc) is 2.60. The summed E-state index contributed by atoms with van der Waals surface area (Å²) in [4.78, 5) is 0. The Morgan fingerprint density at radius 3 is 1.65 bits per heavy atom. The summed E-state index contributed by atoms with van der Waals surface area (Å²) in [5, 5.41) is 0. The summed E-state index contributed by atoms with van der Waals surface area (Å²) in [7, 11) is 0. The van der Waals surface area contributed by atoms with E-state index in [1.165, 1.54) is 33.4 Å². The molecule has 0 N–H and O–H groups in total. The summed E-state index contributed by atoms with van der Waals surface area (Å²) in [5.74, 6) is 0. The van der Waals surface area contributed by atoms with Crippen LogP contribution in [0.4, 0.5) is 0 Å². The maximum absolute atomic E-state index is 2.41. The molecule has 0 heterocycles. The zero-order valence-electron chi connectivity index (χ0n) is 16.9. The normalized spacial score (nSPS) is 12.2. The van der Waals surface area contributed by atoms with Crippen molar-refractivity contribution in [2.24, 2.45) is 0 Å². The molecule has 0 aliphatic rings. The minimum absolute atomic E-state index is 0.0928. The predicted molar refractivity (Wildman–Crippen MR) is 115 cm³/mol. The van der Waals surface area contributed by atoms with Crippen LogP contribution in [-0.2, 0) is 10.8 Å². The second-order valence-corrected chi connectivity index (χ2v) is 9.17. The Bertz CT molecular complexity index is 887. The van der Waals surface area contributed by atoms with E-state index in [0.717, 1.165) is 0 Å². The highest BCUT2D eigenvalue weighted by molar-refractivity contribution is 5.85. The number of hydrogen-bond acceptors (Lipinski definition) is 0. The molecule has 0 bridgehead atoms. The van der Waals surface area contributed by atoms with Gasteiger partial charge in [0.15, 0.2) is 0 Å². The van der Waals surface area contributed by atoms with Gasteiger partial charge in [-0.15, -0.1) is 0 Å². The van der Waals surface area contributed by atoms with Crippen LogP contribution in [-0.4, -0.2) is 0 Å². The summed E-state index contributed by atoms with van der Waals surface area (Å²) in [6.45, 7) is 13.7. The highest BCUT2D eigenvalue weighted by Gasteiger charge is 2.23. The lowest BCUT2D eigenvalue weighted by molar-refractivity contribution is 0.578. The van der Waals surface area contributed by atoms with E-state index in [2.05, 4.69) is 114 Å². The van der Waals surface area contributed by atoms with Crippen LogP contribution in [0.25, 0.3) is 22.3 Å². The fourth-order valence-electron chi connectivity index (χ4n) is 3.48. The minimum atomic E-state index is 0.0928. The first-order valence-corrected chi connectivity index (χ1v) is 9.48. The van der Waals surface area contributed by atoms with Crippen LogP contribution in [0, 0.1) is 0 Å². The van der Waals surface area contributed by atoms with Crippen molar-refractivity contribution in [1.29, 1.82) is 0 Å². The first-order chi connectivity index (χ1) is 12.2. The summed E-state index contributed by atoms with van der Waals surface area (Å²) in [6.07, 6.45) is 0. The molecule has 0 aliphatic heterocycles. The molecule has 26 heavy (non-hydrogen) atoms. The molecule has 134 valence electrons. The van der Waals surface area contributed by atoms with Crippen molar-refractivity contribution < 1.29 is 0 Å². The van der Waals surface area contributed by atoms with Crippen molar-refractivity contribution in [3.05, 3.63) is 83.9 Å². The van der Waals surface area contributed by atoms with E-state index in [-0.39, 0.29) is 10.8 Å². The van der Waals surface area contributed by atoms with Gasteiger partial charge in [-0.1, -0.05) is 114 Å². The molecule has 3 rings (SSSR count). The van der Waals surface area contributed by atoms with E-state index in [1.807, 2.05) is 0 Å². The summed E-state index contributed by atoms with van der Waals surface area (Å²) in [6, 6.07) is 26.5. The van der Waals surface area contributed by atoms with Crippen molar-refractivity contribution in [2.75, 3.05) is 0 Å². The van der Waals surface area contributed by atoms with Gasteiger partial charge in [-0.3, -0.25) is 0 Å². The van der Waals surface area contributed by atoms with Crippen molar-refractivity contribution >= 4 is 0 Å². The van der Waals surface area contributed by atoms with Gasteiger partial charge in [0.2, 0.25) is 0 Å². The second kappa shape index (κ2) is 6.76. The summed E-state index contributed by atoms with van der Waals surface area (Å²) >= 11 is 0. The number of benzene rings is 3. The highest BCUT2D eigenvalue weighted by atomic mass is 14.3. The summed E-state index contributed by atoms with van der Waals surface area (Å²) < 4.78 is 0. The van der Waals surface area contributed by atoms with Crippen LogP contribution in [0.2, 0.25) is 0 Å². The van der Waals surface area contributed by atoms with Gasteiger partial charge < -0.3 is 0 Å². The lowest BCUT2D eigenvalue weighted by Gasteiger charge is -2.28. The van der Waals surface area contributed by atoms with Gasteiger partial charge in [-0.05, 0) is 44.2 Å². The Morgan fingerprint density at radius 2 is 1.08 bits per heavy atom. The third-order valence-electron chi connectivity index (χ3n) is 5.00. The molecule has 0 atom stereocenters. The smallest absolute Gasteiger partial charge is 0.0102 e. The second-order valence-electron chi connectivity index (χ2n) is 9.17. The van der Waals surface area contributed by atoms with E-state index in [0.29, 0.717) is 0 Å². The van der Waals surface area contributed by atoms with Crippen molar-refractivity contribution in [1.82, 2.24) is 0 Å². The third-order valence-corrected chi connectivity index (χ3v) is 5.00. The lowest BCUT2D eigenvalue weighted by atomic mass is 9.77. The van der Waals surface area contributed by atoms with Crippen molar-refractivity contribution in [3.63, 3.8) is 0 Å². The fraction of sp³-hybridized carbons (Fsp3) is 0.308. The Hall–Kier alpha value is -2.34. The molecule has 0 aromatic heterocycles. The maximum Gasteiger partial charge on any atom is -0.0102 e. The first kappa shape index (κ1) is 18.5. The molecule has 0 fully saturated rings. The van der Waals surface area contributed by atoms with E-state index in [4.69, 9.17) is 0 Å². The van der Waals surface area contributed by atoms with E-state index in [9.17, 15) is 0 Å². The third kappa shape index (κ3) is 3.75. The molecular formula is C26H30. The molecule has 0 heteroatoms. The molecule has 0 spiro atoms. The minimum Gasteiger partial charge on any atom is -0.0622 e. The van der Waals surface area contributed by atoms with Crippen LogP contribution in [0.1, 0.15) is 52.7 Å². The zero-order valence-corrected chi connectivity index (χ0v) is 16.9. The fourth-order valence-corrected chi connectivity index (χ4v) is 3.48. The first-order valence-electron chi connectivity index (χ1n) is 9.48. The van der Waals surface area contributed by atoms with Crippen molar-refractivity contribution in [2.45, 2.75) is 52.4 Å². The van der Waals surface area contributed by atoms with E-state index >= 15 is 0 Å². The van der Waals surface area contributed by atoms with E-state index in [1.54, 1.807) is 0 Å². The van der Waals surface area contributed by atoms with Crippen LogP contribution in [0.3, 0.4) is 0 Å². The Morgan fingerprint density at radius 1 is 0.500 bits per heavy atom. The molecular weight excluding hydrogens is 312 g/mol. The molecule has 0 radical (unpaired) electrons. The average molecular weight is 343 g/mol. The largest absolute Gasteiger partial charge is 0.0622 e. The molecule has 0 amide bonds. The van der Waals surface area contributed by atoms with E-state index < -0.39 is 0 Å². The predicted octanol–water partition coefficient (Wildman–Crippen LogP) is 7.62. The monoisotopic (exact) mass is 342 g/mol. The summed E-state index contributed by atoms with van der Waals surface area (Å²) in [5.41, 5.74) is 8.23. The van der Waals surface area contributed by atoms with Gasteiger partial charge in [-0.2, -0.15) is 0 Å². The number of hydrogen-bond donors (Lipinski definition) is 0. The SMILES string of the molecule is CC(C)(C)c1ccc(C(C)(C)C)c(-c2ccccc2-c2ccccc2)c1. The Labute approximate surface area is 158 Å². The van der Waals surface area contributed by atoms with Gasteiger partial charge in [-0.25, -0.2) is 0 Å². The van der Waals surface area contributed by atoms with Gasteiger partial charge in [0.25, 0.3) is 0 Å². The Kier molecular flexibility index (Phi) is 4.80. The van der Waals surface area contributed by atoms with Crippen LogP contribution in [0.15, 0.2) is 72.8 Å². The lowest BCUT2D eigenvalue weighted by Crippen LogP contribution is -2.16. The molecule has 0 saturated carbocycles. The van der Waals surface area contributed by atoms with Crippen LogP contribution >= 0.6 is 0 Å². The molecule has 0 nitrogen and oxygen atoms in total. The van der Waals surface area contributed by atoms with Gasteiger partial charge in [0.05, 0.1) is 0 Å². The van der Waals surface area contributed by atoms with Gasteiger partial charge >= 0.3 is 0 Å². The molecule has 3 aromatic carbocycles. The molecule has 3 aromatic rings.